The van der Waals surface area contributed by atoms with Crippen LogP contribution in [0.2, 0.25) is 0 Å². The third-order valence-corrected chi connectivity index (χ3v) is 3.05. The van der Waals surface area contributed by atoms with Crippen molar-refractivity contribution in [3.05, 3.63) is 17.5 Å². The van der Waals surface area contributed by atoms with E-state index in [4.69, 9.17) is 0 Å². The molecule has 0 spiro atoms. The van der Waals surface area contributed by atoms with E-state index in [2.05, 4.69) is 33.6 Å². The average Bonchev–Trinajstić information content (AvgIpc) is 2.73. The van der Waals surface area contributed by atoms with Crippen LogP contribution in [-0.2, 0) is 6.54 Å². The third kappa shape index (κ3) is 2.07. The molecule has 0 aliphatic carbocycles. The first-order valence-corrected chi connectivity index (χ1v) is 5.84. The van der Waals surface area contributed by atoms with Gasteiger partial charge in [-0.15, -0.1) is 21.5 Å². The van der Waals surface area contributed by atoms with Crippen LogP contribution in [0.3, 0.4) is 0 Å². The summed E-state index contributed by atoms with van der Waals surface area (Å²) in [5.74, 6) is 1.52. The summed E-state index contributed by atoms with van der Waals surface area (Å²) in [5, 5.41) is 8.12. The van der Waals surface area contributed by atoms with E-state index < -0.39 is 0 Å². The summed E-state index contributed by atoms with van der Waals surface area (Å²) in [7, 11) is 0. The van der Waals surface area contributed by atoms with Gasteiger partial charge in [0.2, 0.25) is 0 Å². The molecule has 0 unspecified atom stereocenters. The number of rotatable bonds is 3. The molecule has 0 atom stereocenters. The van der Waals surface area contributed by atoms with Crippen LogP contribution < -0.4 is 0 Å². The first-order chi connectivity index (χ1) is 7.18. The van der Waals surface area contributed by atoms with Crippen molar-refractivity contribution in [3.63, 3.8) is 0 Å². The summed E-state index contributed by atoms with van der Waals surface area (Å²) in [6, 6.07) is 0. The molecule has 0 amide bonds. The van der Waals surface area contributed by atoms with E-state index in [1.807, 2.05) is 12.4 Å². The van der Waals surface area contributed by atoms with Crippen LogP contribution >= 0.6 is 11.3 Å². The van der Waals surface area contributed by atoms with Gasteiger partial charge in [0.15, 0.2) is 5.82 Å². The molecular formula is C10H14N4S. The van der Waals surface area contributed by atoms with Crippen molar-refractivity contribution in [1.82, 2.24) is 19.7 Å². The van der Waals surface area contributed by atoms with E-state index >= 15 is 0 Å². The lowest BCUT2D eigenvalue weighted by molar-refractivity contribution is 0.525. The van der Waals surface area contributed by atoms with E-state index in [1.54, 1.807) is 17.7 Å². The molecule has 0 saturated carbocycles. The SMILES string of the molecule is Cc1ncsc1-c1nncn1CC(C)C. The van der Waals surface area contributed by atoms with Gasteiger partial charge in [0.05, 0.1) is 16.1 Å². The molecule has 80 valence electrons. The number of aromatic nitrogens is 4. The normalized spacial score (nSPS) is 11.2. The minimum absolute atomic E-state index is 0.591. The molecular weight excluding hydrogens is 208 g/mol. The van der Waals surface area contributed by atoms with Gasteiger partial charge >= 0.3 is 0 Å². The summed E-state index contributed by atoms with van der Waals surface area (Å²) in [4.78, 5) is 5.35. The fourth-order valence-corrected chi connectivity index (χ4v) is 2.28. The van der Waals surface area contributed by atoms with Gasteiger partial charge < -0.3 is 4.57 Å². The Hall–Kier alpha value is -1.23. The molecule has 0 fully saturated rings. The molecule has 0 N–H and O–H groups in total. The van der Waals surface area contributed by atoms with Gasteiger partial charge in [-0.2, -0.15) is 0 Å². The molecule has 15 heavy (non-hydrogen) atoms. The zero-order valence-electron chi connectivity index (χ0n) is 9.14. The van der Waals surface area contributed by atoms with E-state index in [0.717, 1.165) is 22.9 Å². The maximum atomic E-state index is 4.23. The number of aryl methyl sites for hydroxylation is 1. The lowest BCUT2D eigenvalue weighted by Gasteiger charge is -2.07. The summed E-state index contributed by atoms with van der Waals surface area (Å²) < 4.78 is 2.09. The predicted octanol–water partition coefficient (Wildman–Crippen LogP) is 2.37. The minimum atomic E-state index is 0.591. The van der Waals surface area contributed by atoms with Crippen molar-refractivity contribution < 1.29 is 0 Å². The Morgan fingerprint density at radius 2 is 2.27 bits per heavy atom. The molecule has 0 radical (unpaired) electrons. The quantitative estimate of drug-likeness (QED) is 0.800. The molecule has 2 aromatic heterocycles. The Morgan fingerprint density at radius 1 is 1.47 bits per heavy atom. The Morgan fingerprint density at radius 3 is 2.87 bits per heavy atom. The summed E-state index contributed by atoms with van der Waals surface area (Å²) in [5.41, 5.74) is 2.87. The summed E-state index contributed by atoms with van der Waals surface area (Å²) in [6.07, 6.45) is 1.79. The van der Waals surface area contributed by atoms with Crippen LogP contribution in [0.1, 0.15) is 19.5 Å². The van der Waals surface area contributed by atoms with Crippen LogP contribution in [0, 0.1) is 12.8 Å². The second kappa shape index (κ2) is 4.10. The Labute approximate surface area is 93.0 Å². The number of hydrogen-bond donors (Lipinski definition) is 0. The summed E-state index contributed by atoms with van der Waals surface area (Å²) in [6.45, 7) is 7.31. The molecule has 4 nitrogen and oxygen atoms in total. The average molecular weight is 222 g/mol. The van der Waals surface area contributed by atoms with Gasteiger partial charge in [0.25, 0.3) is 0 Å². The molecule has 0 saturated heterocycles. The van der Waals surface area contributed by atoms with E-state index in [9.17, 15) is 0 Å². The molecule has 2 heterocycles. The highest BCUT2D eigenvalue weighted by Gasteiger charge is 2.12. The lowest BCUT2D eigenvalue weighted by atomic mass is 10.2. The molecule has 0 bridgehead atoms. The lowest BCUT2D eigenvalue weighted by Crippen LogP contribution is -2.04. The fraction of sp³-hybridized carbons (Fsp3) is 0.500. The van der Waals surface area contributed by atoms with Crippen molar-refractivity contribution in [1.29, 1.82) is 0 Å². The maximum absolute atomic E-state index is 4.23. The van der Waals surface area contributed by atoms with Crippen molar-refractivity contribution in [3.8, 4) is 10.7 Å². The van der Waals surface area contributed by atoms with Gasteiger partial charge in [0, 0.05) is 6.54 Å². The van der Waals surface area contributed by atoms with Gasteiger partial charge in [0.1, 0.15) is 6.33 Å². The predicted molar refractivity (Wildman–Crippen MR) is 60.7 cm³/mol. The zero-order valence-corrected chi connectivity index (χ0v) is 9.95. The molecule has 2 rings (SSSR count). The smallest absolute Gasteiger partial charge is 0.175 e. The molecule has 0 aliphatic rings. The van der Waals surface area contributed by atoms with E-state index in [1.165, 1.54) is 0 Å². The van der Waals surface area contributed by atoms with E-state index in [-0.39, 0.29) is 0 Å². The van der Waals surface area contributed by atoms with Gasteiger partial charge in [-0.1, -0.05) is 13.8 Å². The molecule has 0 aliphatic heterocycles. The first-order valence-electron chi connectivity index (χ1n) is 4.96. The van der Waals surface area contributed by atoms with Gasteiger partial charge in [-0.05, 0) is 12.8 Å². The van der Waals surface area contributed by atoms with Gasteiger partial charge in [-0.25, -0.2) is 4.98 Å². The van der Waals surface area contributed by atoms with Crippen molar-refractivity contribution in [2.75, 3.05) is 0 Å². The Kier molecular flexibility index (Phi) is 2.81. The second-order valence-electron chi connectivity index (χ2n) is 3.97. The molecule has 5 heteroatoms. The second-order valence-corrected chi connectivity index (χ2v) is 4.82. The Balaban J connectivity index is 2.37. The van der Waals surface area contributed by atoms with E-state index in [0.29, 0.717) is 5.92 Å². The fourth-order valence-electron chi connectivity index (χ4n) is 1.47. The number of hydrogen-bond acceptors (Lipinski definition) is 4. The first kappa shape index (κ1) is 10.3. The van der Waals surface area contributed by atoms with Crippen LogP contribution in [0.15, 0.2) is 11.8 Å². The molecule has 2 aromatic rings. The largest absolute Gasteiger partial charge is 0.313 e. The van der Waals surface area contributed by atoms with Crippen molar-refractivity contribution in [2.24, 2.45) is 5.92 Å². The Bertz CT molecular complexity index is 444. The minimum Gasteiger partial charge on any atom is -0.313 e. The zero-order chi connectivity index (χ0) is 10.8. The monoisotopic (exact) mass is 222 g/mol. The summed E-state index contributed by atoms with van der Waals surface area (Å²) >= 11 is 1.61. The topological polar surface area (TPSA) is 43.6 Å². The number of nitrogens with zero attached hydrogens (tertiary/aromatic N) is 4. The maximum Gasteiger partial charge on any atom is 0.175 e. The third-order valence-electron chi connectivity index (χ3n) is 2.13. The van der Waals surface area contributed by atoms with Gasteiger partial charge in [-0.3, -0.25) is 0 Å². The van der Waals surface area contributed by atoms with Crippen LogP contribution in [0.5, 0.6) is 0 Å². The highest BCUT2D eigenvalue weighted by molar-refractivity contribution is 7.13. The molecule has 0 aromatic carbocycles. The van der Waals surface area contributed by atoms with Crippen molar-refractivity contribution in [2.45, 2.75) is 27.3 Å². The standard InChI is InChI=1S/C10H14N4S/c1-7(2)4-14-5-12-13-10(14)9-8(3)11-6-15-9/h5-7H,4H2,1-3H3. The van der Waals surface area contributed by atoms with Crippen LogP contribution in [0.4, 0.5) is 0 Å². The highest BCUT2D eigenvalue weighted by Crippen LogP contribution is 2.25. The van der Waals surface area contributed by atoms with Crippen LogP contribution in [0.25, 0.3) is 10.7 Å². The number of thiazole rings is 1. The highest BCUT2D eigenvalue weighted by atomic mass is 32.1. The van der Waals surface area contributed by atoms with Crippen LogP contribution in [-0.4, -0.2) is 19.7 Å². The van der Waals surface area contributed by atoms with Crippen molar-refractivity contribution >= 4 is 11.3 Å².